The summed E-state index contributed by atoms with van der Waals surface area (Å²) in [6.07, 6.45) is 0. The molecule has 4 nitrogen and oxygen atoms in total. The second-order valence-electron chi connectivity index (χ2n) is 1.86. The molecule has 2 rings (SSSR count). The second kappa shape index (κ2) is 2.28. The lowest BCUT2D eigenvalue weighted by Gasteiger charge is -1.86. The molecule has 2 heterocycles. The third-order valence-electron chi connectivity index (χ3n) is 1.18. The van der Waals surface area contributed by atoms with Gasteiger partial charge in [-0.3, -0.25) is 9.78 Å². The van der Waals surface area contributed by atoms with Crippen LogP contribution in [0.25, 0.3) is 10.3 Å². The van der Waals surface area contributed by atoms with Gasteiger partial charge in [0, 0.05) is 0 Å². The number of hydrogen-bond acceptors (Lipinski definition) is 4. The number of nitrogens with zero attached hydrogens (tertiary/aromatic N) is 2. The standard InChI is InChI=1S/C5H2ClN3OS/c6-5-8-3-2(4(10)9-5)11-1-7-3/h1H,(H,8,9,10). The molecule has 2 aromatic rings. The fourth-order valence-electron chi connectivity index (χ4n) is 0.746. The van der Waals surface area contributed by atoms with E-state index in [0.29, 0.717) is 10.3 Å². The SMILES string of the molecule is O=c1[nH]c(Cl)nc2ncsc12. The summed E-state index contributed by atoms with van der Waals surface area (Å²) >= 11 is 6.73. The molecule has 0 unspecified atom stereocenters. The van der Waals surface area contributed by atoms with Gasteiger partial charge in [0.05, 0.1) is 5.51 Å². The van der Waals surface area contributed by atoms with E-state index in [-0.39, 0.29) is 10.8 Å². The molecule has 2 aromatic heterocycles. The Bertz CT molecular complexity index is 448. The number of hydrogen-bond donors (Lipinski definition) is 1. The normalized spacial score (nSPS) is 10.6. The van der Waals surface area contributed by atoms with E-state index in [0.717, 1.165) is 0 Å². The van der Waals surface area contributed by atoms with Crippen molar-refractivity contribution in [1.29, 1.82) is 0 Å². The first kappa shape index (κ1) is 6.75. The Kier molecular flexibility index (Phi) is 1.40. The maximum Gasteiger partial charge on any atom is 0.271 e. The van der Waals surface area contributed by atoms with E-state index in [1.165, 1.54) is 11.3 Å². The molecule has 6 heteroatoms. The molecule has 0 aliphatic heterocycles. The van der Waals surface area contributed by atoms with E-state index in [2.05, 4.69) is 15.0 Å². The molecule has 0 saturated heterocycles. The van der Waals surface area contributed by atoms with Crippen molar-refractivity contribution in [2.24, 2.45) is 0 Å². The van der Waals surface area contributed by atoms with Crippen LogP contribution in [-0.4, -0.2) is 15.0 Å². The summed E-state index contributed by atoms with van der Waals surface area (Å²) < 4.78 is 0.509. The van der Waals surface area contributed by atoms with Crippen LogP contribution >= 0.6 is 22.9 Å². The lowest BCUT2D eigenvalue weighted by Crippen LogP contribution is -2.05. The summed E-state index contributed by atoms with van der Waals surface area (Å²) in [4.78, 5) is 21.1. The maximum atomic E-state index is 11.1. The molecular formula is C5H2ClN3OS. The van der Waals surface area contributed by atoms with Gasteiger partial charge in [0.15, 0.2) is 5.65 Å². The highest BCUT2D eigenvalue weighted by Gasteiger charge is 2.03. The van der Waals surface area contributed by atoms with E-state index in [9.17, 15) is 4.79 Å². The molecule has 0 atom stereocenters. The molecule has 1 N–H and O–H groups in total. The summed E-state index contributed by atoms with van der Waals surface area (Å²) in [6.45, 7) is 0. The Hall–Kier alpha value is -0.940. The highest BCUT2D eigenvalue weighted by molar-refractivity contribution is 7.16. The van der Waals surface area contributed by atoms with Gasteiger partial charge in [-0.2, -0.15) is 4.98 Å². The molecule has 0 aliphatic carbocycles. The summed E-state index contributed by atoms with van der Waals surface area (Å²) in [5, 5.41) is 0.0772. The number of aromatic amines is 1. The van der Waals surface area contributed by atoms with E-state index < -0.39 is 0 Å². The van der Waals surface area contributed by atoms with Gasteiger partial charge in [0.2, 0.25) is 5.28 Å². The van der Waals surface area contributed by atoms with Crippen LogP contribution in [0.3, 0.4) is 0 Å². The van der Waals surface area contributed by atoms with Crippen LogP contribution in [0, 0.1) is 0 Å². The number of fused-ring (bicyclic) bond motifs is 1. The highest BCUT2D eigenvalue weighted by atomic mass is 35.5. The van der Waals surface area contributed by atoms with Crippen LogP contribution in [0.5, 0.6) is 0 Å². The number of rotatable bonds is 0. The van der Waals surface area contributed by atoms with Gasteiger partial charge >= 0.3 is 0 Å². The van der Waals surface area contributed by atoms with Crippen molar-refractivity contribution < 1.29 is 0 Å². The molecule has 0 spiro atoms. The quantitative estimate of drug-likeness (QED) is 0.627. The number of halogens is 1. The zero-order valence-corrected chi connectivity index (χ0v) is 6.74. The summed E-state index contributed by atoms with van der Waals surface area (Å²) in [7, 11) is 0. The lowest BCUT2D eigenvalue weighted by atomic mass is 10.6. The van der Waals surface area contributed by atoms with Crippen LogP contribution < -0.4 is 5.56 Å². The highest BCUT2D eigenvalue weighted by Crippen LogP contribution is 2.10. The minimum Gasteiger partial charge on any atom is -0.296 e. The molecule has 0 fully saturated rings. The predicted molar refractivity (Wildman–Crippen MR) is 43.0 cm³/mol. The van der Waals surface area contributed by atoms with E-state index in [1.54, 1.807) is 5.51 Å². The van der Waals surface area contributed by atoms with Gasteiger partial charge in [-0.15, -0.1) is 11.3 Å². The smallest absolute Gasteiger partial charge is 0.271 e. The van der Waals surface area contributed by atoms with Gasteiger partial charge in [-0.05, 0) is 11.6 Å². The summed E-state index contributed by atoms with van der Waals surface area (Å²) in [5.41, 5.74) is 1.73. The van der Waals surface area contributed by atoms with E-state index >= 15 is 0 Å². The van der Waals surface area contributed by atoms with Crippen LogP contribution in [0.15, 0.2) is 10.3 Å². The second-order valence-corrected chi connectivity index (χ2v) is 3.07. The minimum atomic E-state index is -0.234. The average molecular weight is 188 g/mol. The zero-order chi connectivity index (χ0) is 7.84. The molecule has 0 aromatic carbocycles. The number of thiazole rings is 1. The Morgan fingerprint density at radius 1 is 1.64 bits per heavy atom. The maximum absolute atomic E-state index is 11.1. The number of nitrogens with one attached hydrogen (secondary N) is 1. The van der Waals surface area contributed by atoms with Crippen molar-refractivity contribution in [3.63, 3.8) is 0 Å². The first-order chi connectivity index (χ1) is 5.27. The van der Waals surface area contributed by atoms with Gasteiger partial charge in [0.1, 0.15) is 4.70 Å². The number of aromatic nitrogens is 3. The molecule has 0 amide bonds. The molecule has 56 valence electrons. The van der Waals surface area contributed by atoms with Crippen molar-refractivity contribution in [2.75, 3.05) is 0 Å². The number of H-pyrrole nitrogens is 1. The van der Waals surface area contributed by atoms with Crippen LogP contribution in [0.2, 0.25) is 5.28 Å². The largest absolute Gasteiger partial charge is 0.296 e. The molecule has 0 bridgehead atoms. The fourth-order valence-corrected chi connectivity index (χ4v) is 1.53. The summed E-state index contributed by atoms with van der Waals surface area (Å²) in [6, 6.07) is 0. The third-order valence-corrected chi connectivity index (χ3v) is 2.17. The van der Waals surface area contributed by atoms with Crippen molar-refractivity contribution in [2.45, 2.75) is 0 Å². The Morgan fingerprint density at radius 3 is 3.27 bits per heavy atom. The Morgan fingerprint density at radius 2 is 2.45 bits per heavy atom. The molecule has 0 saturated carbocycles. The predicted octanol–water partition coefficient (Wildman–Crippen LogP) is 1.03. The molecular weight excluding hydrogens is 186 g/mol. The molecule has 0 radical (unpaired) electrons. The van der Waals surface area contributed by atoms with Gasteiger partial charge in [-0.25, -0.2) is 4.98 Å². The van der Waals surface area contributed by atoms with Crippen LogP contribution in [0.1, 0.15) is 0 Å². The van der Waals surface area contributed by atoms with Crippen LogP contribution in [-0.2, 0) is 0 Å². The third kappa shape index (κ3) is 1.02. The average Bonchev–Trinajstić information content (AvgIpc) is 2.34. The first-order valence-corrected chi connectivity index (χ1v) is 4.02. The van der Waals surface area contributed by atoms with Crippen molar-refractivity contribution in [1.82, 2.24) is 15.0 Å². The van der Waals surface area contributed by atoms with E-state index in [4.69, 9.17) is 11.6 Å². The van der Waals surface area contributed by atoms with Crippen molar-refractivity contribution in [3.05, 3.63) is 21.1 Å². The Balaban J connectivity index is 3.02. The van der Waals surface area contributed by atoms with Crippen LogP contribution in [0.4, 0.5) is 0 Å². The fraction of sp³-hybridized carbons (Fsp3) is 0. The zero-order valence-electron chi connectivity index (χ0n) is 5.17. The van der Waals surface area contributed by atoms with Crippen molar-refractivity contribution in [3.8, 4) is 0 Å². The lowest BCUT2D eigenvalue weighted by molar-refractivity contribution is 1.16. The summed E-state index contributed by atoms with van der Waals surface area (Å²) in [5.74, 6) is 0. The monoisotopic (exact) mass is 187 g/mol. The Labute approximate surface area is 69.9 Å². The van der Waals surface area contributed by atoms with Gasteiger partial charge < -0.3 is 0 Å². The minimum absolute atomic E-state index is 0.0772. The molecule has 0 aliphatic rings. The van der Waals surface area contributed by atoms with Gasteiger partial charge in [-0.1, -0.05) is 0 Å². The first-order valence-electron chi connectivity index (χ1n) is 2.76. The topological polar surface area (TPSA) is 58.6 Å². The molecule has 11 heavy (non-hydrogen) atoms. The van der Waals surface area contributed by atoms with Crippen molar-refractivity contribution >= 4 is 33.3 Å². The van der Waals surface area contributed by atoms with Gasteiger partial charge in [0.25, 0.3) is 5.56 Å². The van der Waals surface area contributed by atoms with E-state index in [1.807, 2.05) is 0 Å².